The highest BCUT2D eigenvalue weighted by molar-refractivity contribution is 6.74. The van der Waals surface area contributed by atoms with E-state index < -0.39 is 32.2 Å². The molecular weight excluding hydrogens is 398 g/mol. The summed E-state index contributed by atoms with van der Waals surface area (Å²) in [5, 5.41) is 11.3. The molecule has 6 nitrogen and oxygen atoms in total. The van der Waals surface area contributed by atoms with Crippen LogP contribution in [0.3, 0.4) is 0 Å². The summed E-state index contributed by atoms with van der Waals surface area (Å²) >= 11 is 0. The minimum absolute atomic E-state index is 0.0297. The lowest BCUT2D eigenvalue weighted by Gasteiger charge is -2.41. The van der Waals surface area contributed by atoms with Gasteiger partial charge in [0.15, 0.2) is 8.32 Å². The number of carbonyl (C=O) groups excluding carboxylic acids is 1. The Morgan fingerprint density at radius 1 is 1.13 bits per heavy atom. The fourth-order valence-electron chi connectivity index (χ4n) is 3.38. The van der Waals surface area contributed by atoms with Crippen LogP contribution in [0.1, 0.15) is 59.6 Å². The molecule has 3 atom stereocenters. The van der Waals surface area contributed by atoms with Crippen LogP contribution in [0.5, 0.6) is 5.75 Å². The Morgan fingerprint density at radius 3 is 2.17 bits per heavy atom. The summed E-state index contributed by atoms with van der Waals surface area (Å²) in [5.41, 5.74) is 0.116. The largest absolute Gasteiger partial charge is 0.497 e. The van der Waals surface area contributed by atoms with Crippen molar-refractivity contribution in [2.24, 2.45) is 0 Å². The quantitative estimate of drug-likeness (QED) is 0.647. The number of nitrogens with zero attached hydrogens (tertiary/aromatic N) is 1. The van der Waals surface area contributed by atoms with Gasteiger partial charge in [-0.05, 0) is 63.0 Å². The van der Waals surface area contributed by atoms with Gasteiger partial charge in [-0.1, -0.05) is 32.9 Å². The van der Waals surface area contributed by atoms with Gasteiger partial charge >= 0.3 is 6.09 Å². The van der Waals surface area contributed by atoms with Gasteiger partial charge in [0.1, 0.15) is 17.5 Å². The maximum atomic E-state index is 12.9. The van der Waals surface area contributed by atoms with E-state index in [4.69, 9.17) is 13.9 Å². The first-order valence-electron chi connectivity index (χ1n) is 10.7. The molecule has 0 aliphatic carbocycles. The fourth-order valence-corrected chi connectivity index (χ4v) is 4.74. The Morgan fingerprint density at radius 2 is 1.70 bits per heavy atom. The average Bonchev–Trinajstić information content (AvgIpc) is 3.01. The highest BCUT2D eigenvalue weighted by Gasteiger charge is 2.48. The average molecular weight is 438 g/mol. The number of amides is 1. The maximum Gasteiger partial charge on any atom is 0.410 e. The van der Waals surface area contributed by atoms with Crippen LogP contribution >= 0.6 is 0 Å². The first-order chi connectivity index (χ1) is 13.7. The molecule has 1 aromatic rings. The van der Waals surface area contributed by atoms with E-state index in [9.17, 15) is 9.90 Å². The van der Waals surface area contributed by atoms with E-state index >= 15 is 0 Å². The van der Waals surface area contributed by atoms with Crippen LogP contribution in [-0.4, -0.2) is 55.8 Å². The molecule has 30 heavy (non-hydrogen) atoms. The number of hydrogen-bond donors (Lipinski definition) is 1. The smallest absolute Gasteiger partial charge is 0.410 e. The number of aliphatic hydroxyl groups excluding tert-OH is 1. The van der Waals surface area contributed by atoms with Crippen molar-refractivity contribution in [1.29, 1.82) is 0 Å². The van der Waals surface area contributed by atoms with E-state index in [0.29, 0.717) is 13.0 Å². The van der Waals surface area contributed by atoms with E-state index in [1.54, 1.807) is 12.0 Å². The number of ether oxygens (including phenoxy) is 2. The molecular formula is C23H39NO5Si. The Bertz CT molecular complexity index is 721. The highest BCUT2D eigenvalue weighted by atomic mass is 28.4. The Labute approximate surface area is 182 Å². The summed E-state index contributed by atoms with van der Waals surface area (Å²) in [7, 11) is -0.487. The third-order valence-corrected chi connectivity index (χ3v) is 10.6. The molecule has 0 saturated carbocycles. The second-order valence-corrected chi connectivity index (χ2v) is 15.3. The number of methoxy groups -OCH3 is 1. The SMILES string of the molecule is COc1ccc(C(O)[C@@H]2[C@H](O[Si](C)(C)C(C)(C)C)CCN2C(=O)OC(C)(C)C)cc1. The molecule has 1 aliphatic heterocycles. The van der Waals surface area contributed by atoms with Gasteiger partial charge < -0.3 is 19.0 Å². The van der Waals surface area contributed by atoms with E-state index in [2.05, 4.69) is 33.9 Å². The number of likely N-dealkylation sites (tertiary alicyclic amines) is 1. The van der Waals surface area contributed by atoms with E-state index in [0.717, 1.165) is 11.3 Å². The van der Waals surface area contributed by atoms with Crippen molar-refractivity contribution in [1.82, 2.24) is 4.90 Å². The van der Waals surface area contributed by atoms with Crippen molar-refractivity contribution in [3.63, 3.8) is 0 Å². The molecule has 1 unspecified atom stereocenters. The molecule has 1 heterocycles. The minimum Gasteiger partial charge on any atom is -0.497 e. The Balaban J connectivity index is 2.35. The van der Waals surface area contributed by atoms with Crippen LogP contribution in [0.25, 0.3) is 0 Å². The number of aliphatic hydroxyl groups is 1. The predicted molar refractivity (Wildman–Crippen MR) is 121 cm³/mol. The number of benzene rings is 1. The van der Waals surface area contributed by atoms with Gasteiger partial charge in [0.25, 0.3) is 0 Å². The van der Waals surface area contributed by atoms with Gasteiger partial charge in [0, 0.05) is 6.54 Å². The van der Waals surface area contributed by atoms with E-state index in [1.807, 2.05) is 45.0 Å². The second-order valence-electron chi connectivity index (χ2n) is 10.6. The molecule has 1 aliphatic rings. The number of carbonyl (C=O) groups is 1. The molecule has 0 spiro atoms. The third kappa shape index (κ3) is 5.77. The van der Waals surface area contributed by atoms with Crippen molar-refractivity contribution < 1.29 is 23.8 Å². The standard InChI is InChI=1S/C23H39NO5Si/c1-22(2,3)28-21(26)24-15-14-18(29-30(8,9)23(4,5)6)19(24)20(25)16-10-12-17(27-7)13-11-16/h10-13,18-20,25H,14-15H2,1-9H3/t18-,19+,20?/m1/s1. The van der Waals surface area contributed by atoms with Gasteiger partial charge in [0.2, 0.25) is 0 Å². The second kappa shape index (κ2) is 8.89. The van der Waals surface area contributed by atoms with Crippen LogP contribution in [0, 0.1) is 0 Å². The molecule has 1 aromatic carbocycles. The first kappa shape index (κ1) is 24.7. The molecule has 170 valence electrons. The first-order valence-corrected chi connectivity index (χ1v) is 13.6. The van der Waals surface area contributed by atoms with Crippen LogP contribution in [0.2, 0.25) is 18.1 Å². The van der Waals surface area contributed by atoms with Gasteiger partial charge in [0.05, 0.1) is 19.3 Å². The summed E-state index contributed by atoms with van der Waals surface area (Å²) in [4.78, 5) is 14.6. The molecule has 0 bridgehead atoms. The van der Waals surface area contributed by atoms with Crippen molar-refractivity contribution in [3.05, 3.63) is 29.8 Å². The zero-order chi connectivity index (χ0) is 22.9. The van der Waals surface area contributed by atoms with Crippen molar-refractivity contribution in [3.8, 4) is 5.75 Å². The van der Waals surface area contributed by atoms with Gasteiger partial charge in [-0.3, -0.25) is 4.90 Å². The fraction of sp³-hybridized carbons (Fsp3) is 0.696. The highest BCUT2D eigenvalue weighted by Crippen LogP contribution is 2.41. The van der Waals surface area contributed by atoms with E-state index in [-0.39, 0.29) is 11.1 Å². The van der Waals surface area contributed by atoms with Crippen molar-refractivity contribution in [2.75, 3.05) is 13.7 Å². The summed E-state index contributed by atoms with van der Waals surface area (Å²) < 4.78 is 17.5. The lowest BCUT2D eigenvalue weighted by Crippen LogP contribution is -2.51. The molecule has 1 fully saturated rings. The summed E-state index contributed by atoms with van der Waals surface area (Å²) in [6, 6.07) is 6.78. The topological polar surface area (TPSA) is 68.2 Å². The molecule has 1 N–H and O–H groups in total. The summed E-state index contributed by atoms with van der Waals surface area (Å²) in [5.74, 6) is 0.718. The summed E-state index contributed by atoms with van der Waals surface area (Å²) in [6.45, 7) is 17.0. The lowest BCUT2D eigenvalue weighted by molar-refractivity contribution is -0.0131. The van der Waals surface area contributed by atoms with Gasteiger partial charge in [-0.25, -0.2) is 4.79 Å². The zero-order valence-corrected chi connectivity index (χ0v) is 21.0. The number of rotatable bonds is 5. The molecule has 0 aromatic heterocycles. The van der Waals surface area contributed by atoms with Crippen molar-refractivity contribution >= 4 is 14.4 Å². The lowest BCUT2D eigenvalue weighted by atomic mass is 9.98. The van der Waals surface area contributed by atoms with Crippen LogP contribution < -0.4 is 4.74 Å². The summed E-state index contributed by atoms with van der Waals surface area (Å²) in [6.07, 6.45) is -0.888. The molecule has 0 radical (unpaired) electrons. The van der Waals surface area contributed by atoms with Crippen molar-refractivity contribution in [2.45, 2.75) is 89.9 Å². The molecule has 2 rings (SSSR count). The Hall–Kier alpha value is -1.57. The Kier molecular flexibility index (Phi) is 7.31. The van der Waals surface area contributed by atoms with Crippen LogP contribution in [0.4, 0.5) is 4.79 Å². The predicted octanol–water partition coefficient (Wildman–Crippen LogP) is 5.13. The minimum atomic E-state index is -2.09. The molecule has 1 amide bonds. The monoisotopic (exact) mass is 437 g/mol. The zero-order valence-electron chi connectivity index (χ0n) is 20.0. The number of hydrogen-bond acceptors (Lipinski definition) is 5. The third-order valence-electron chi connectivity index (χ3n) is 6.06. The molecule has 7 heteroatoms. The van der Waals surface area contributed by atoms with E-state index in [1.165, 1.54) is 0 Å². The van der Waals surface area contributed by atoms with Crippen LogP contribution in [-0.2, 0) is 9.16 Å². The normalized spacial score (nSPS) is 21.5. The molecule has 1 saturated heterocycles. The maximum absolute atomic E-state index is 12.9. The van der Waals surface area contributed by atoms with Gasteiger partial charge in [-0.15, -0.1) is 0 Å². The van der Waals surface area contributed by atoms with Crippen LogP contribution in [0.15, 0.2) is 24.3 Å². The van der Waals surface area contributed by atoms with Gasteiger partial charge in [-0.2, -0.15) is 0 Å².